The SMILES string of the molecule is C=CC(=O)OCC(O)COO. The smallest absolute Gasteiger partial charge is 0.330 e. The summed E-state index contributed by atoms with van der Waals surface area (Å²) in [7, 11) is 0. The fourth-order valence-electron chi connectivity index (χ4n) is 0.371. The molecule has 0 aromatic rings. The van der Waals surface area contributed by atoms with Gasteiger partial charge in [0.25, 0.3) is 0 Å². The van der Waals surface area contributed by atoms with Crippen LogP contribution in [-0.4, -0.2) is 35.7 Å². The minimum atomic E-state index is -1.01. The van der Waals surface area contributed by atoms with Gasteiger partial charge in [-0.25, -0.2) is 9.68 Å². The van der Waals surface area contributed by atoms with Crippen LogP contribution in [0.2, 0.25) is 0 Å². The van der Waals surface area contributed by atoms with Gasteiger partial charge in [-0.15, -0.1) is 0 Å². The van der Waals surface area contributed by atoms with E-state index in [9.17, 15) is 4.79 Å². The lowest BCUT2D eigenvalue weighted by Crippen LogP contribution is -2.22. The molecule has 0 aliphatic rings. The van der Waals surface area contributed by atoms with Crippen LogP contribution in [0.4, 0.5) is 0 Å². The van der Waals surface area contributed by atoms with Gasteiger partial charge < -0.3 is 9.84 Å². The largest absolute Gasteiger partial charge is 0.460 e. The van der Waals surface area contributed by atoms with Gasteiger partial charge in [0.2, 0.25) is 0 Å². The maximum atomic E-state index is 10.4. The zero-order valence-electron chi connectivity index (χ0n) is 5.90. The normalized spacial score (nSPS) is 12.2. The van der Waals surface area contributed by atoms with Gasteiger partial charge in [-0.3, -0.25) is 5.26 Å². The van der Waals surface area contributed by atoms with Crippen LogP contribution in [0, 0.1) is 0 Å². The van der Waals surface area contributed by atoms with Gasteiger partial charge in [0.15, 0.2) is 0 Å². The second kappa shape index (κ2) is 5.84. The minimum Gasteiger partial charge on any atom is -0.460 e. The number of aliphatic hydroxyl groups is 1. The average Bonchev–Trinajstić information content (AvgIpc) is 2.01. The molecule has 0 radical (unpaired) electrons. The van der Waals surface area contributed by atoms with E-state index in [0.717, 1.165) is 6.08 Å². The van der Waals surface area contributed by atoms with Gasteiger partial charge >= 0.3 is 5.97 Å². The van der Waals surface area contributed by atoms with E-state index < -0.39 is 12.1 Å². The molecule has 1 atom stereocenters. The molecule has 0 saturated carbocycles. The van der Waals surface area contributed by atoms with Crippen LogP contribution in [0.5, 0.6) is 0 Å². The third-order valence-electron chi connectivity index (χ3n) is 0.852. The Balaban J connectivity index is 3.37. The zero-order chi connectivity index (χ0) is 8.69. The van der Waals surface area contributed by atoms with Crippen molar-refractivity contribution in [2.24, 2.45) is 0 Å². The lowest BCUT2D eigenvalue weighted by Gasteiger charge is -2.06. The van der Waals surface area contributed by atoms with Crippen LogP contribution < -0.4 is 0 Å². The summed E-state index contributed by atoms with van der Waals surface area (Å²) in [6.45, 7) is 2.64. The number of aliphatic hydroxyl groups excluding tert-OH is 1. The fourth-order valence-corrected chi connectivity index (χ4v) is 0.371. The molecule has 0 saturated heterocycles. The summed E-state index contributed by atoms with van der Waals surface area (Å²) in [6.07, 6.45) is -0.0316. The Hall–Kier alpha value is -0.910. The molecule has 11 heavy (non-hydrogen) atoms. The molecule has 0 fully saturated rings. The number of hydrogen-bond donors (Lipinski definition) is 2. The van der Waals surface area contributed by atoms with Crippen LogP contribution in [-0.2, 0) is 14.4 Å². The molecule has 1 unspecified atom stereocenters. The molecule has 64 valence electrons. The van der Waals surface area contributed by atoms with Crippen molar-refractivity contribution in [1.82, 2.24) is 0 Å². The summed E-state index contributed by atoms with van der Waals surface area (Å²) in [5, 5.41) is 16.6. The first-order valence-electron chi connectivity index (χ1n) is 2.94. The summed E-state index contributed by atoms with van der Waals surface area (Å²) < 4.78 is 4.41. The van der Waals surface area contributed by atoms with Gasteiger partial charge in [0.1, 0.15) is 19.3 Å². The standard InChI is InChI=1S/C6H10O5/c1-2-6(8)10-3-5(7)4-11-9/h2,5,7,9H,1,3-4H2. The Bertz CT molecular complexity index is 133. The van der Waals surface area contributed by atoms with Gasteiger partial charge in [0.05, 0.1) is 0 Å². The maximum Gasteiger partial charge on any atom is 0.330 e. The van der Waals surface area contributed by atoms with Gasteiger partial charge in [0, 0.05) is 6.08 Å². The van der Waals surface area contributed by atoms with Gasteiger partial charge in [-0.1, -0.05) is 6.58 Å². The molecule has 0 spiro atoms. The molecule has 0 aromatic heterocycles. The van der Waals surface area contributed by atoms with Crippen molar-refractivity contribution in [1.29, 1.82) is 0 Å². The maximum absolute atomic E-state index is 10.4. The Morgan fingerprint density at radius 2 is 2.27 bits per heavy atom. The van der Waals surface area contributed by atoms with Crippen LogP contribution in [0.15, 0.2) is 12.7 Å². The highest BCUT2D eigenvalue weighted by Crippen LogP contribution is 1.87. The van der Waals surface area contributed by atoms with Crippen molar-refractivity contribution < 1.29 is 24.8 Å². The zero-order valence-corrected chi connectivity index (χ0v) is 5.90. The third kappa shape index (κ3) is 5.53. The first kappa shape index (κ1) is 10.1. The Morgan fingerprint density at radius 1 is 1.64 bits per heavy atom. The quantitative estimate of drug-likeness (QED) is 0.248. The molecule has 0 bridgehead atoms. The lowest BCUT2D eigenvalue weighted by molar-refractivity contribution is -0.259. The summed E-state index contributed by atoms with van der Waals surface area (Å²) in [5.41, 5.74) is 0. The van der Waals surface area contributed by atoms with E-state index in [2.05, 4.69) is 16.2 Å². The first-order valence-corrected chi connectivity index (χ1v) is 2.94. The predicted octanol–water partition coefficient (Wildman–Crippen LogP) is -0.434. The van der Waals surface area contributed by atoms with E-state index in [1.165, 1.54) is 0 Å². The van der Waals surface area contributed by atoms with E-state index >= 15 is 0 Å². The predicted molar refractivity (Wildman–Crippen MR) is 35.7 cm³/mol. The monoisotopic (exact) mass is 162 g/mol. The number of esters is 1. The second-order valence-corrected chi connectivity index (χ2v) is 1.78. The molecule has 0 heterocycles. The van der Waals surface area contributed by atoms with Crippen LogP contribution >= 0.6 is 0 Å². The van der Waals surface area contributed by atoms with Crippen molar-refractivity contribution in [3.8, 4) is 0 Å². The Labute approximate surface area is 63.8 Å². The molecule has 0 rings (SSSR count). The van der Waals surface area contributed by atoms with Crippen LogP contribution in [0.25, 0.3) is 0 Å². The highest BCUT2D eigenvalue weighted by Gasteiger charge is 2.05. The van der Waals surface area contributed by atoms with E-state index in [1.807, 2.05) is 0 Å². The van der Waals surface area contributed by atoms with Crippen molar-refractivity contribution in [3.63, 3.8) is 0 Å². The molecule has 0 amide bonds. The van der Waals surface area contributed by atoms with Crippen molar-refractivity contribution in [2.45, 2.75) is 6.10 Å². The fraction of sp³-hybridized carbons (Fsp3) is 0.500. The summed E-state index contributed by atoms with van der Waals surface area (Å²) in [6, 6.07) is 0. The van der Waals surface area contributed by atoms with Crippen LogP contribution in [0.1, 0.15) is 0 Å². The topological polar surface area (TPSA) is 76.0 Å². The highest BCUT2D eigenvalue weighted by atomic mass is 17.1. The van der Waals surface area contributed by atoms with Crippen LogP contribution in [0.3, 0.4) is 0 Å². The summed E-state index contributed by atoms with van der Waals surface area (Å²) >= 11 is 0. The van der Waals surface area contributed by atoms with E-state index in [1.54, 1.807) is 0 Å². The van der Waals surface area contributed by atoms with Gasteiger partial charge in [-0.2, -0.15) is 0 Å². The van der Waals surface area contributed by atoms with Crippen molar-refractivity contribution in [3.05, 3.63) is 12.7 Å². The second-order valence-electron chi connectivity index (χ2n) is 1.78. The number of rotatable bonds is 5. The number of carbonyl (C=O) groups excluding carboxylic acids is 1. The van der Waals surface area contributed by atoms with E-state index in [0.29, 0.717) is 0 Å². The number of carbonyl (C=O) groups is 1. The first-order chi connectivity index (χ1) is 5.20. The van der Waals surface area contributed by atoms with E-state index in [-0.39, 0.29) is 13.2 Å². The molecule has 5 nitrogen and oxygen atoms in total. The summed E-state index contributed by atoms with van der Waals surface area (Å²) in [4.78, 5) is 14.0. The van der Waals surface area contributed by atoms with Crippen molar-refractivity contribution in [2.75, 3.05) is 13.2 Å². The molecule has 0 aliphatic heterocycles. The van der Waals surface area contributed by atoms with Crippen molar-refractivity contribution >= 4 is 5.97 Å². The molecule has 0 aliphatic carbocycles. The summed E-state index contributed by atoms with van der Waals surface area (Å²) in [5.74, 6) is -0.623. The average molecular weight is 162 g/mol. The van der Waals surface area contributed by atoms with E-state index in [4.69, 9.17) is 10.4 Å². The number of hydrogen-bond acceptors (Lipinski definition) is 5. The lowest BCUT2D eigenvalue weighted by atomic mass is 10.4. The Morgan fingerprint density at radius 3 is 2.73 bits per heavy atom. The molecule has 5 heteroatoms. The Kier molecular flexibility index (Phi) is 5.36. The molecule has 0 aromatic carbocycles. The number of ether oxygens (including phenoxy) is 1. The molecule has 2 N–H and O–H groups in total. The molecular weight excluding hydrogens is 152 g/mol. The third-order valence-corrected chi connectivity index (χ3v) is 0.852. The molecular formula is C6H10O5. The minimum absolute atomic E-state index is 0.217. The highest BCUT2D eigenvalue weighted by molar-refractivity contribution is 5.81. The van der Waals surface area contributed by atoms with Gasteiger partial charge in [-0.05, 0) is 0 Å².